The van der Waals surface area contributed by atoms with Crippen molar-refractivity contribution in [1.82, 2.24) is 18.8 Å². The molecule has 1 saturated heterocycles. The van der Waals surface area contributed by atoms with Crippen LogP contribution in [0.25, 0.3) is 0 Å². The molecule has 3 rings (SSSR count). The highest BCUT2D eigenvalue weighted by atomic mass is 32.2. The summed E-state index contributed by atoms with van der Waals surface area (Å²) in [6.07, 6.45) is 4.62. The fourth-order valence-corrected chi connectivity index (χ4v) is 4.78. The first-order chi connectivity index (χ1) is 13.2. The SMILES string of the molecule is CC(C)(C)N(Cc1ccccc1)C(=O)Cn1cnc(S(=O)(=O)N2CCCC2)c1. The van der Waals surface area contributed by atoms with Crippen molar-refractivity contribution in [3.63, 3.8) is 0 Å². The van der Waals surface area contributed by atoms with Crippen molar-refractivity contribution in [1.29, 1.82) is 0 Å². The van der Waals surface area contributed by atoms with Crippen molar-refractivity contribution in [2.24, 2.45) is 0 Å². The number of imidazole rings is 1. The van der Waals surface area contributed by atoms with Crippen LogP contribution in [0.15, 0.2) is 47.9 Å². The molecule has 1 aliphatic heterocycles. The average molecular weight is 405 g/mol. The number of benzene rings is 1. The summed E-state index contributed by atoms with van der Waals surface area (Å²) in [7, 11) is -3.57. The Labute approximate surface area is 167 Å². The van der Waals surface area contributed by atoms with Gasteiger partial charge >= 0.3 is 0 Å². The fourth-order valence-electron chi connectivity index (χ4n) is 3.33. The Hall–Kier alpha value is -2.19. The van der Waals surface area contributed by atoms with E-state index in [1.165, 1.54) is 16.8 Å². The minimum absolute atomic E-state index is 0.00701. The zero-order chi connectivity index (χ0) is 20.4. The lowest BCUT2D eigenvalue weighted by atomic mass is 10.0. The van der Waals surface area contributed by atoms with Crippen LogP contribution in [0, 0.1) is 0 Å². The summed E-state index contributed by atoms with van der Waals surface area (Å²) in [4.78, 5) is 18.9. The van der Waals surface area contributed by atoms with Crippen LogP contribution in [0.2, 0.25) is 0 Å². The normalized spacial score (nSPS) is 15.7. The number of nitrogens with zero attached hydrogens (tertiary/aromatic N) is 4. The molecule has 1 aromatic heterocycles. The molecule has 0 aliphatic carbocycles. The molecular weight excluding hydrogens is 376 g/mol. The van der Waals surface area contributed by atoms with Gasteiger partial charge in [0.15, 0.2) is 5.03 Å². The molecule has 1 aromatic carbocycles. The summed E-state index contributed by atoms with van der Waals surface area (Å²) in [5.41, 5.74) is 0.687. The maximum Gasteiger partial charge on any atom is 0.262 e. The Bertz CT molecular complexity index is 910. The molecule has 0 radical (unpaired) electrons. The molecule has 0 N–H and O–H groups in total. The molecular formula is C20H28N4O3S. The molecule has 0 bridgehead atoms. The van der Waals surface area contributed by atoms with Crippen molar-refractivity contribution in [2.45, 2.75) is 57.3 Å². The Morgan fingerprint density at radius 3 is 2.39 bits per heavy atom. The topological polar surface area (TPSA) is 75.5 Å². The monoisotopic (exact) mass is 404 g/mol. The van der Waals surface area contributed by atoms with Gasteiger partial charge < -0.3 is 9.47 Å². The lowest BCUT2D eigenvalue weighted by molar-refractivity contribution is -0.137. The largest absolute Gasteiger partial charge is 0.332 e. The van der Waals surface area contributed by atoms with Crippen LogP contribution in [0.3, 0.4) is 0 Å². The van der Waals surface area contributed by atoms with Crippen molar-refractivity contribution < 1.29 is 13.2 Å². The number of hydrogen-bond donors (Lipinski definition) is 0. The number of rotatable bonds is 6. The Balaban J connectivity index is 1.74. The van der Waals surface area contributed by atoms with Gasteiger partial charge in [0.1, 0.15) is 6.54 Å². The third-order valence-corrected chi connectivity index (χ3v) is 6.68. The van der Waals surface area contributed by atoms with Gasteiger partial charge in [-0.05, 0) is 39.2 Å². The van der Waals surface area contributed by atoms with Gasteiger partial charge in [0.05, 0.1) is 6.33 Å². The number of aromatic nitrogens is 2. The Kier molecular flexibility index (Phi) is 5.90. The van der Waals surface area contributed by atoms with E-state index in [4.69, 9.17) is 0 Å². The smallest absolute Gasteiger partial charge is 0.262 e. The van der Waals surface area contributed by atoms with Gasteiger partial charge in [0, 0.05) is 31.4 Å². The summed E-state index contributed by atoms with van der Waals surface area (Å²) >= 11 is 0. The predicted octanol–water partition coefficient (Wildman–Crippen LogP) is 2.49. The first kappa shape index (κ1) is 20.5. The molecule has 28 heavy (non-hydrogen) atoms. The molecule has 1 fully saturated rings. The van der Waals surface area contributed by atoms with E-state index in [9.17, 15) is 13.2 Å². The van der Waals surface area contributed by atoms with Crippen LogP contribution in [0.4, 0.5) is 0 Å². The number of hydrogen-bond acceptors (Lipinski definition) is 4. The third-order valence-electron chi connectivity index (χ3n) is 4.89. The van der Waals surface area contributed by atoms with Crippen molar-refractivity contribution in [3.05, 3.63) is 48.4 Å². The standard InChI is InChI=1S/C20H28N4O3S/c1-20(2,3)24(13-17-9-5-4-6-10-17)19(25)15-22-14-18(21-16-22)28(26,27)23-11-7-8-12-23/h4-6,9-10,14,16H,7-8,11-13,15H2,1-3H3. The highest BCUT2D eigenvalue weighted by molar-refractivity contribution is 7.89. The lowest BCUT2D eigenvalue weighted by Crippen LogP contribution is -2.46. The van der Waals surface area contributed by atoms with Crippen LogP contribution in [0.1, 0.15) is 39.2 Å². The van der Waals surface area contributed by atoms with E-state index in [1.54, 1.807) is 9.47 Å². The van der Waals surface area contributed by atoms with Gasteiger partial charge in [-0.3, -0.25) is 4.79 Å². The molecule has 1 amide bonds. The maximum absolute atomic E-state index is 13.0. The molecule has 1 aliphatic rings. The third kappa shape index (κ3) is 4.62. The number of amides is 1. The van der Waals surface area contributed by atoms with Gasteiger partial charge in [-0.2, -0.15) is 4.31 Å². The number of carbonyl (C=O) groups is 1. The maximum atomic E-state index is 13.0. The minimum atomic E-state index is -3.57. The zero-order valence-electron chi connectivity index (χ0n) is 16.7. The van der Waals surface area contributed by atoms with Gasteiger partial charge in [0.2, 0.25) is 5.91 Å². The van der Waals surface area contributed by atoms with Crippen molar-refractivity contribution >= 4 is 15.9 Å². The van der Waals surface area contributed by atoms with E-state index in [0.29, 0.717) is 19.6 Å². The quantitative estimate of drug-likeness (QED) is 0.741. The summed E-state index contributed by atoms with van der Waals surface area (Å²) in [5, 5.41) is 0.00701. The molecule has 8 heteroatoms. The highest BCUT2D eigenvalue weighted by Gasteiger charge is 2.30. The second-order valence-corrected chi connectivity index (χ2v) is 10.0. The van der Waals surface area contributed by atoms with Crippen LogP contribution in [0.5, 0.6) is 0 Å². The van der Waals surface area contributed by atoms with E-state index in [1.807, 2.05) is 51.1 Å². The first-order valence-electron chi connectivity index (χ1n) is 9.54. The second kappa shape index (κ2) is 8.05. The number of carbonyl (C=O) groups excluding carboxylic acids is 1. The van der Waals surface area contributed by atoms with Crippen molar-refractivity contribution in [2.75, 3.05) is 13.1 Å². The van der Waals surface area contributed by atoms with Gasteiger partial charge in [-0.25, -0.2) is 13.4 Å². The van der Waals surface area contributed by atoms with Gasteiger partial charge in [-0.15, -0.1) is 0 Å². The summed E-state index contributed by atoms with van der Waals surface area (Å²) in [6, 6.07) is 9.83. The second-order valence-electron chi connectivity index (χ2n) is 8.13. The fraction of sp³-hybridized carbons (Fsp3) is 0.500. The molecule has 0 saturated carbocycles. The highest BCUT2D eigenvalue weighted by Crippen LogP contribution is 2.21. The molecule has 2 aromatic rings. The van der Waals surface area contributed by atoms with Crippen molar-refractivity contribution in [3.8, 4) is 0 Å². The van der Waals surface area contributed by atoms with E-state index in [2.05, 4.69) is 4.98 Å². The van der Waals surface area contributed by atoms with Gasteiger partial charge in [-0.1, -0.05) is 30.3 Å². The number of sulfonamides is 1. The molecule has 152 valence electrons. The first-order valence-corrected chi connectivity index (χ1v) is 11.0. The molecule has 0 atom stereocenters. The van der Waals surface area contributed by atoms with Crippen LogP contribution >= 0.6 is 0 Å². The Morgan fingerprint density at radius 2 is 1.79 bits per heavy atom. The summed E-state index contributed by atoms with van der Waals surface area (Å²) in [5.74, 6) is -0.0844. The molecule has 2 heterocycles. The van der Waals surface area contributed by atoms with Gasteiger partial charge in [0.25, 0.3) is 10.0 Å². The van der Waals surface area contributed by atoms with Crippen LogP contribution in [-0.4, -0.2) is 51.7 Å². The summed E-state index contributed by atoms with van der Waals surface area (Å²) in [6.45, 7) is 7.58. The molecule has 0 spiro atoms. The molecule has 0 unspecified atom stereocenters. The van der Waals surface area contributed by atoms with E-state index in [-0.39, 0.29) is 23.0 Å². The average Bonchev–Trinajstić information content (AvgIpc) is 3.32. The molecule has 7 nitrogen and oxygen atoms in total. The summed E-state index contributed by atoms with van der Waals surface area (Å²) < 4.78 is 28.3. The van der Waals surface area contributed by atoms with E-state index in [0.717, 1.165) is 18.4 Å². The minimum Gasteiger partial charge on any atom is -0.332 e. The predicted molar refractivity (Wildman–Crippen MR) is 107 cm³/mol. The zero-order valence-corrected chi connectivity index (χ0v) is 17.5. The van der Waals surface area contributed by atoms with E-state index >= 15 is 0 Å². The van der Waals surface area contributed by atoms with Crippen LogP contribution < -0.4 is 0 Å². The lowest BCUT2D eigenvalue weighted by Gasteiger charge is -2.36. The van der Waals surface area contributed by atoms with E-state index < -0.39 is 10.0 Å². The Morgan fingerprint density at radius 1 is 1.14 bits per heavy atom. The van der Waals surface area contributed by atoms with Crippen LogP contribution in [-0.2, 0) is 27.9 Å².